The van der Waals surface area contributed by atoms with E-state index in [4.69, 9.17) is 11.6 Å². The van der Waals surface area contributed by atoms with Crippen LogP contribution < -0.4 is 4.90 Å². The van der Waals surface area contributed by atoms with Crippen LogP contribution in [0.1, 0.15) is 22.3 Å². The minimum atomic E-state index is -0.355. The molecule has 1 aliphatic rings. The molecule has 2 aromatic carbocycles. The first-order valence-corrected chi connectivity index (χ1v) is 9.41. The number of anilines is 1. The van der Waals surface area contributed by atoms with Crippen LogP contribution in [-0.4, -0.2) is 29.8 Å². The van der Waals surface area contributed by atoms with E-state index in [0.29, 0.717) is 10.6 Å². The van der Waals surface area contributed by atoms with Gasteiger partial charge in [-0.15, -0.1) is 17.0 Å². The molecule has 138 valence electrons. The van der Waals surface area contributed by atoms with Crippen molar-refractivity contribution in [3.05, 3.63) is 64.4 Å². The second-order valence-corrected chi connectivity index (χ2v) is 7.24. The average molecular weight is 458 g/mol. The van der Waals surface area contributed by atoms with Crippen LogP contribution in [0.15, 0.2) is 47.5 Å². The Kier molecular flexibility index (Phi) is 7.68. The Morgan fingerprint density at radius 2 is 2.00 bits per heavy atom. The third-order valence-electron chi connectivity index (χ3n) is 4.01. The summed E-state index contributed by atoms with van der Waals surface area (Å²) in [7, 11) is 0. The minimum Gasteiger partial charge on any atom is -0.313 e. The number of ketones is 1. The number of carbonyl (C=O) groups is 1. The number of hydrogen-bond donors (Lipinski definition) is 0. The van der Waals surface area contributed by atoms with Crippen LogP contribution in [0.3, 0.4) is 0 Å². The monoisotopic (exact) mass is 456 g/mol. The summed E-state index contributed by atoms with van der Waals surface area (Å²) in [4.78, 5) is 19.2. The molecule has 0 bridgehead atoms. The maximum atomic E-state index is 13.1. The molecule has 26 heavy (non-hydrogen) atoms. The molecule has 0 fully saturated rings. The van der Waals surface area contributed by atoms with Crippen molar-refractivity contribution >= 4 is 57.0 Å². The summed E-state index contributed by atoms with van der Waals surface area (Å²) >= 11 is 7.91. The molecule has 0 aromatic heterocycles. The lowest BCUT2D eigenvalue weighted by Crippen LogP contribution is -2.36. The molecule has 0 amide bonds. The van der Waals surface area contributed by atoms with E-state index in [9.17, 15) is 9.18 Å². The molecule has 0 radical (unpaired) electrons. The largest absolute Gasteiger partial charge is 0.313 e. The van der Waals surface area contributed by atoms with Crippen molar-refractivity contribution in [3.8, 4) is 0 Å². The Balaban J connectivity index is 0.00000243. The fraction of sp³-hybridized carbons (Fsp3) is 0.263. The van der Waals surface area contributed by atoms with Gasteiger partial charge in [0.05, 0.1) is 6.54 Å². The lowest BCUT2D eigenvalue weighted by molar-refractivity contribution is 0.100. The maximum absolute atomic E-state index is 13.1. The number of amidine groups is 1. The molecule has 0 spiro atoms. The lowest BCUT2D eigenvalue weighted by Gasteiger charge is -2.28. The number of rotatable bonds is 4. The molecule has 0 aliphatic carbocycles. The van der Waals surface area contributed by atoms with Crippen molar-refractivity contribution in [1.29, 1.82) is 0 Å². The van der Waals surface area contributed by atoms with Crippen LogP contribution in [0.5, 0.6) is 0 Å². The van der Waals surface area contributed by atoms with Crippen molar-refractivity contribution in [2.24, 2.45) is 4.99 Å². The fourth-order valence-corrected chi connectivity index (χ4v) is 3.75. The van der Waals surface area contributed by atoms with E-state index < -0.39 is 0 Å². The smallest absolute Gasteiger partial charge is 0.182 e. The van der Waals surface area contributed by atoms with E-state index in [0.717, 1.165) is 35.1 Å². The van der Waals surface area contributed by atoms with Crippen molar-refractivity contribution in [3.63, 3.8) is 0 Å². The van der Waals surface area contributed by atoms with Gasteiger partial charge in [0.15, 0.2) is 11.0 Å². The zero-order chi connectivity index (χ0) is 17.8. The molecule has 1 aliphatic heterocycles. The molecule has 3 rings (SSSR count). The third-order valence-corrected chi connectivity index (χ3v) is 5.52. The molecule has 0 N–H and O–H groups in total. The fourth-order valence-electron chi connectivity index (χ4n) is 2.63. The molecule has 0 atom stereocenters. The Hall–Kier alpha value is -1.37. The highest BCUT2D eigenvalue weighted by molar-refractivity contribution is 8.93. The van der Waals surface area contributed by atoms with Gasteiger partial charge >= 0.3 is 0 Å². The summed E-state index contributed by atoms with van der Waals surface area (Å²) in [6.07, 6.45) is 1.03. The number of nitrogens with zero attached hydrogens (tertiary/aromatic N) is 2. The number of thioether (sulfide) groups is 1. The normalized spacial score (nSPS) is 13.6. The molecule has 2 aromatic rings. The van der Waals surface area contributed by atoms with Crippen LogP contribution in [0.25, 0.3) is 0 Å². The standard InChI is InChI=1S/C19H18ClFN2OS.BrH/c1-13-16(20)4-2-5-17(13)23(19-22-10-3-11-25-19)12-18(24)14-6-8-15(21)9-7-14;/h2,4-9H,3,10-12H2,1H3;1H. The minimum absolute atomic E-state index is 0. The van der Waals surface area contributed by atoms with Gasteiger partial charge in [-0.2, -0.15) is 0 Å². The Bertz CT molecular complexity index is 814. The second kappa shape index (κ2) is 9.53. The zero-order valence-electron chi connectivity index (χ0n) is 14.2. The Morgan fingerprint density at radius 3 is 2.65 bits per heavy atom. The molecular weight excluding hydrogens is 439 g/mol. The first-order chi connectivity index (χ1) is 12.1. The molecule has 7 heteroatoms. The van der Waals surface area contributed by atoms with E-state index in [1.54, 1.807) is 11.8 Å². The van der Waals surface area contributed by atoms with Gasteiger partial charge in [0.1, 0.15) is 5.82 Å². The highest BCUT2D eigenvalue weighted by atomic mass is 79.9. The summed E-state index contributed by atoms with van der Waals surface area (Å²) in [6, 6.07) is 11.3. The van der Waals surface area contributed by atoms with E-state index in [-0.39, 0.29) is 35.1 Å². The van der Waals surface area contributed by atoms with Gasteiger partial charge in [0.25, 0.3) is 0 Å². The lowest BCUT2D eigenvalue weighted by atomic mass is 10.1. The SMILES string of the molecule is Br.Cc1c(Cl)cccc1N(CC(=O)c1ccc(F)cc1)C1=NCCCS1. The molecule has 3 nitrogen and oxygen atoms in total. The number of benzene rings is 2. The highest BCUT2D eigenvalue weighted by Crippen LogP contribution is 2.30. The molecule has 0 unspecified atom stereocenters. The number of Topliss-reactive ketones (excluding diaryl/α,β-unsaturated/α-hetero) is 1. The maximum Gasteiger partial charge on any atom is 0.182 e. The van der Waals surface area contributed by atoms with Gasteiger partial charge in [0.2, 0.25) is 0 Å². The van der Waals surface area contributed by atoms with Crippen molar-refractivity contribution < 1.29 is 9.18 Å². The Morgan fingerprint density at radius 1 is 1.27 bits per heavy atom. The predicted octanol–water partition coefficient (Wildman–Crippen LogP) is 5.55. The highest BCUT2D eigenvalue weighted by Gasteiger charge is 2.22. The number of aliphatic imine (C=N–C) groups is 1. The van der Waals surface area contributed by atoms with Crippen LogP contribution in [0.4, 0.5) is 10.1 Å². The quantitative estimate of drug-likeness (QED) is 0.564. The predicted molar refractivity (Wildman–Crippen MR) is 114 cm³/mol. The molecule has 1 heterocycles. The van der Waals surface area contributed by atoms with Gasteiger partial charge in [-0.1, -0.05) is 29.4 Å². The van der Waals surface area contributed by atoms with Gasteiger partial charge in [-0.25, -0.2) is 4.39 Å². The Labute approximate surface area is 172 Å². The topological polar surface area (TPSA) is 32.7 Å². The summed E-state index contributed by atoms with van der Waals surface area (Å²) in [5.41, 5.74) is 2.26. The van der Waals surface area contributed by atoms with Crippen LogP contribution in [0.2, 0.25) is 5.02 Å². The zero-order valence-corrected chi connectivity index (χ0v) is 17.5. The van der Waals surface area contributed by atoms with E-state index in [1.807, 2.05) is 30.0 Å². The summed E-state index contributed by atoms with van der Waals surface area (Å²) in [5.74, 6) is 0.527. The van der Waals surface area contributed by atoms with E-state index in [1.165, 1.54) is 24.3 Å². The van der Waals surface area contributed by atoms with Crippen molar-refractivity contribution in [1.82, 2.24) is 0 Å². The van der Waals surface area contributed by atoms with Gasteiger partial charge in [-0.3, -0.25) is 9.79 Å². The summed E-state index contributed by atoms with van der Waals surface area (Å²) in [6.45, 7) is 2.82. The number of halogens is 3. The first kappa shape index (κ1) is 20.9. The second-order valence-electron chi connectivity index (χ2n) is 5.77. The van der Waals surface area contributed by atoms with E-state index >= 15 is 0 Å². The van der Waals surface area contributed by atoms with Gasteiger partial charge in [-0.05, 0) is 55.3 Å². The number of hydrogen-bond acceptors (Lipinski definition) is 4. The van der Waals surface area contributed by atoms with E-state index in [2.05, 4.69) is 4.99 Å². The summed E-state index contributed by atoms with van der Waals surface area (Å²) in [5, 5.41) is 1.48. The summed E-state index contributed by atoms with van der Waals surface area (Å²) < 4.78 is 13.1. The van der Waals surface area contributed by atoms with Crippen molar-refractivity contribution in [2.75, 3.05) is 23.7 Å². The van der Waals surface area contributed by atoms with Crippen molar-refractivity contribution in [2.45, 2.75) is 13.3 Å². The average Bonchev–Trinajstić information content (AvgIpc) is 2.63. The number of carbonyl (C=O) groups excluding carboxylic acids is 1. The van der Waals surface area contributed by atoms with Crippen LogP contribution >= 0.6 is 40.3 Å². The van der Waals surface area contributed by atoms with Crippen LogP contribution in [0, 0.1) is 12.7 Å². The first-order valence-electron chi connectivity index (χ1n) is 8.05. The molecular formula is C19H19BrClFN2OS. The molecule has 0 saturated heterocycles. The third kappa shape index (κ3) is 4.87. The van der Waals surface area contributed by atoms with Gasteiger partial charge < -0.3 is 4.90 Å². The van der Waals surface area contributed by atoms with Crippen LogP contribution in [-0.2, 0) is 0 Å². The molecule has 0 saturated carbocycles. The van der Waals surface area contributed by atoms with Gasteiger partial charge in [0, 0.05) is 28.6 Å².